The van der Waals surface area contributed by atoms with E-state index in [1.807, 2.05) is 0 Å². The molecule has 0 saturated heterocycles. The second kappa shape index (κ2) is 5.51. The van der Waals surface area contributed by atoms with Crippen LogP contribution < -0.4 is 10.3 Å². The first-order valence-electron chi connectivity index (χ1n) is 6.68. The lowest BCUT2D eigenvalue weighted by atomic mass is 10.2. The molecule has 0 radical (unpaired) electrons. The van der Waals surface area contributed by atoms with Crippen molar-refractivity contribution in [3.8, 4) is 0 Å². The van der Waals surface area contributed by atoms with E-state index in [0.29, 0.717) is 22.2 Å². The van der Waals surface area contributed by atoms with Crippen molar-refractivity contribution in [1.82, 2.24) is 0 Å². The van der Waals surface area contributed by atoms with E-state index in [1.165, 1.54) is 48.5 Å². The van der Waals surface area contributed by atoms with E-state index in [-0.39, 0.29) is 4.90 Å². The van der Waals surface area contributed by atoms with Crippen LogP contribution in [0.1, 0.15) is 5.56 Å². The summed E-state index contributed by atoms with van der Waals surface area (Å²) in [6.07, 6.45) is 0. The van der Waals surface area contributed by atoms with Gasteiger partial charge >= 0.3 is 5.63 Å². The summed E-state index contributed by atoms with van der Waals surface area (Å²) in [7, 11) is -3.84. The van der Waals surface area contributed by atoms with Crippen molar-refractivity contribution in [1.29, 1.82) is 0 Å². The molecule has 7 heteroatoms. The van der Waals surface area contributed by atoms with Crippen LogP contribution in [0.3, 0.4) is 0 Å². The number of anilines is 1. The Morgan fingerprint density at radius 3 is 2.57 bits per heavy atom. The summed E-state index contributed by atoms with van der Waals surface area (Å²) in [4.78, 5) is 11.2. The van der Waals surface area contributed by atoms with Gasteiger partial charge in [-0.1, -0.05) is 0 Å². The van der Waals surface area contributed by atoms with Crippen LogP contribution in [-0.2, 0) is 10.0 Å². The first-order chi connectivity index (χ1) is 10.8. The molecule has 23 heavy (non-hydrogen) atoms. The van der Waals surface area contributed by atoms with Gasteiger partial charge in [0.15, 0.2) is 0 Å². The van der Waals surface area contributed by atoms with Gasteiger partial charge in [-0.3, -0.25) is 4.72 Å². The van der Waals surface area contributed by atoms with Crippen LogP contribution >= 0.6 is 0 Å². The van der Waals surface area contributed by atoms with Crippen molar-refractivity contribution >= 4 is 26.7 Å². The van der Waals surface area contributed by atoms with E-state index in [2.05, 4.69) is 4.72 Å². The van der Waals surface area contributed by atoms with Gasteiger partial charge in [-0.25, -0.2) is 17.6 Å². The third-order valence-corrected chi connectivity index (χ3v) is 4.70. The fourth-order valence-corrected chi connectivity index (χ4v) is 3.33. The number of aryl methyl sites for hydroxylation is 1. The SMILES string of the molecule is Cc1cc(F)ccc1NS(=O)(=O)c1ccc2oc(=O)ccc2c1. The van der Waals surface area contributed by atoms with Crippen molar-refractivity contribution < 1.29 is 17.2 Å². The number of fused-ring (bicyclic) bond motifs is 1. The van der Waals surface area contributed by atoms with Crippen LogP contribution in [0.25, 0.3) is 11.0 Å². The highest BCUT2D eigenvalue weighted by Gasteiger charge is 2.16. The number of rotatable bonds is 3. The molecular weight excluding hydrogens is 321 g/mol. The zero-order valence-corrected chi connectivity index (χ0v) is 12.9. The Hall–Kier alpha value is -2.67. The summed E-state index contributed by atoms with van der Waals surface area (Å²) in [5.74, 6) is -0.439. The van der Waals surface area contributed by atoms with Crippen molar-refractivity contribution in [3.63, 3.8) is 0 Å². The topological polar surface area (TPSA) is 76.4 Å². The molecule has 3 aromatic rings. The monoisotopic (exact) mass is 333 g/mol. The molecule has 0 saturated carbocycles. The molecule has 2 aromatic carbocycles. The third-order valence-electron chi connectivity index (χ3n) is 3.33. The second-order valence-corrected chi connectivity index (χ2v) is 6.70. The van der Waals surface area contributed by atoms with Gasteiger partial charge in [-0.2, -0.15) is 0 Å². The molecule has 3 rings (SSSR count). The van der Waals surface area contributed by atoms with E-state index in [0.717, 1.165) is 0 Å². The summed E-state index contributed by atoms with van der Waals surface area (Å²) >= 11 is 0. The average molecular weight is 333 g/mol. The zero-order chi connectivity index (χ0) is 16.6. The van der Waals surface area contributed by atoms with Crippen molar-refractivity contribution in [2.45, 2.75) is 11.8 Å². The van der Waals surface area contributed by atoms with Gasteiger partial charge in [0.2, 0.25) is 0 Å². The molecule has 0 spiro atoms. The highest BCUT2D eigenvalue weighted by atomic mass is 32.2. The van der Waals surface area contributed by atoms with Crippen LogP contribution in [0.2, 0.25) is 0 Å². The molecular formula is C16H12FNO4S. The number of sulfonamides is 1. The van der Waals surface area contributed by atoms with Crippen LogP contribution in [0.4, 0.5) is 10.1 Å². The van der Waals surface area contributed by atoms with Gasteiger partial charge in [0.25, 0.3) is 10.0 Å². The molecule has 0 aliphatic heterocycles. The molecule has 0 atom stereocenters. The van der Waals surface area contributed by atoms with Crippen LogP contribution in [0.5, 0.6) is 0 Å². The lowest BCUT2D eigenvalue weighted by molar-refractivity contribution is 0.560. The van der Waals surface area contributed by atoms with Crippen molar-refractivity contribution in [2.24, 2.45) is 0 Å². The number of halogens is 1. The van der Waals surface area contributed by atoms with E-state index >= 15 is 0 Å². The maximum Gasteiger partial charge on any atom is 0.336 e. The van der Waals surface area contributed by atoms with Crippen molar-refractivity contribution in [2.75, 3.05) is 4.72 Å². The molecule has 0 aliphatic rings. The molecule has 0 unspecified atom stereocenters. The molecule has 1 heterocycles. The Morgan fingerprint density at radius 2 is 1.83 bits per heavy atom. The number of hydrogen-bond acceptors (Lipinski definition) is 4. The van der Waals surface area contributed by atoms with Gasteiger partial charge in [-0.15, -0.1) is 0 Å². The summed E-state index contributed by atoms with van der Waals surface area (Å²) < 4.78 is 45.4. The number of hydrogen-bond donors (Lipinski definition) is 1. The smallest absolute Gasteiger partial charge is 0.336 e. The molecule has 0 amide bonds. The van der Waals surface area contributed by atoms with E-state index < -0.39 is 21.5 Å². The fraction of sp³-hybridized carbons (Fsp3) is 0.0625. The largest absolute Gasteiger partial charge is 0.423 e. The fourth-order valence-electron chi connectivity index (χ4n) is 2.16. The van der Waals surface area contributed by atoms with E-state index in [1.54, 1.807) is 6.92 Å². The lowest BCUT2D eigenvalue weighted by Gasteiger charge is -2.11. The summed E-state index contributed by atoms with van der Waals surface area (Å²) in [6, 6.07) is 10.7. The summed E-state index contributed by atoms with van der Waals surface area (Å²) in [6.45, 7) is 1.61. The summed E-state index contributed by atoms with van der Waals surface area (Å²) in [5.41, 5.74) is 0.564. The molecule has 1 N–H and O–H groups in total. The van der Waals surface area contributed by atoms with Crippen LogP contribution in [-0.4, -0.2) is 8.42 Å². The van der Waals surface area contributed by atoms with Crippen LogP contribution in [0, 0.1) is 12.7 Å². The van der Waals surface area contributed by atoms with E-state index in [4.69, 9.17) is 4.42 Å². The average Bonchev–Trinajstić information content (AvgIpc) is 2.49. The lowest BCUT2D eigenvalue weighted by Crippen LogP contribution is -2.13. The maximum atomic E-state index is 13.1. The Morgan fingerprint density at radius 1 is 1.04 bits per heavy atom. The first-order valence-corrected chi connectivity index (χ1v) is 8.16. The van der Waals surface area contributed by atoms with Gasteiger partial charge in [0.1, 0.15) is 11.4 Å². The van der Waals surface area contributed by atoms with Gasteiger partial charge < -0.3 is 4.42 Å². The van der Waals surface area contributed by atoms with Gasteiger partial charge in [0.05, 0.1) is 10.6 Å². The Balaban J connectivity index is 2.02. The Kier molecular flexibility index (Phi) is 3.65. The Labute approximate surface area is 131 Å². The summed E-state index contributed by atoms with van der Waals surface area (Å²) in [5, 5.41) is 0.489. The standard InChI is InChI=1S/C16H12FNO4S/c1-10-8-12(17)3-5-14(10)18-23(20,21)13-4-6-15-11(9-13)2-7-16(19)22-15/h2-9,18H,1H3. The molecule has 1 aromatic heterocycles. The predicted octanol–water partition coefficient (Wildman–Crippen LogP) is 3.04. The van der Waals surface area contributed by atoms with Gasteiger partial charge in [-0.05, 0) is 55.0 Å². The number of nitrogens with one attached hydrogen (secondary N) is 1. The third kappa shape index (κ3) is 3.09. The van der Waals surface area contributed by atoms with Crippen LogP contribution in [0.15, 0.2) is 62.6 Å². The molecule has 0 bridgehead atoms. The highest BCUT2D eigenvalue weighted by Crippen LogP contribution is 2.23. The molecule has 0 aliphatic carbocycles. The zero-order valence-electron chi connectivity index (χ0n) is 12.0. The predicted molar refractivity (Wildman–Crippen MR) is 84.4 cm³/mol. The van der Waals surface area contributed by atoms with E-state index in [9.17, 15) is 17.6 Å². The molecule has 118 valence electrons. The minimum absolute atomic E-state index is 0.0163. The minimum atomic E-state index is -3.84. The number of benzene rings is 2. The normalized spacial score (nSPS) is 11.6. The molecule has 5 nitrogen and oxygen atoms in total. The quantitative estimate of drug-likeness (QED) is 0.748. The Bertz CT molecular complexity index is 1060. The first kappa shape index (κ1) is 15.2. The minimum Gasteiger partial charge on any atom is -0.423 e. The van der Waals surface area contributed by atoms with Gasteiger partial charge in [0, 0.05) is 11.5 Å². The second-order valence-electron chi connectivity index (χ2n) is 5.02. The highest BCUT2D eigenvalue weighted by molar-refractivity contribution is 7.92. The molecule has 0 fully saturated rings. The van der Waals surface area contributed by atoms with Crippen molar-refractivity contribution in [3.05, 3.63) is 70.3 Å². The maximum absolute atomic E-state index is 13.1.